The number of nitrogens with one attached hydrogen (secondary N) is 2. The van der Waals surface area contributed by atoms with Gasteiger partial charge in [0.15, 0.2) is 0 Å². The first-order chi connectivity index (χ1) is 12.4. The highest BCUT2D eigenvalue weighted by Crippen LogP contribution is 2.24. The molecule has 0 saturated carbocycles. The van der Waals surface area contributed by atoms with Crippen molar-refractivity contribution in [1.29, 1.82) is 0 Å². The second-order valence-electron chi connectivity index (χ2n) is 5.93. The number of hydrogen-bond acceptors (Lipinski definition) is 4. The maximum atomic E-state index is 12.2. The minimum absolute atomic E-state index is 0.101. The number of amides is 2. The predicted molar refractivity (Wildman–Crippen MR) is 109 cm³/mol. The summed E-state index contributed by atoms with van der Waals surface area (Å²) in [5.74, 6) is -0.365. The van der Waals surface area contributed by atoms with Crippen LogP contribution in [0.5, 0.6) is 0 Å². The average molecular weight is 392 g/mol. The number of anilines is 2. The number of thioether (sulfide) groups is 1. The summed E-state index contributed by atoms with van der Waals surface area (Å²) in [6, 6.07) is 12.9. The first-order valence-corrected chi connectivity index (χ1v) is 9.66. The van der Waals surface area contributed by atoms with Gasteiger partial charge in [0, 0.05) is 15.6 Å². The Labute approximate surface area is 163 Å². The fourth-order valence-corrected chi connectivity index (χ4v) is 3.13. The quantitative estimate of drug-likeness (QED) is 0.703. The van der Waals surface area contributed by atoms with Crippen molar-refractivity contribution in [3.8, 4) is 0 Å². The summed E-state index contributed by atoms with van der Waals surface area (Å²) >= 11 is 7.53. The van der Waals surface area contributed by atoms with Gasteiger partial charge in [0.05, 0.1) is 18.8 Å². The second-order valence-corrected chi connectivity index (χ2v) is 7.21. The number of para-hydroxylation sites is 1. The van der Waals surface area contributed by atoms with Gasteiger partial charge in [-0.1, -0.05) is 29.8 Å². The molecule has 7 heteroatoms. The smallest absolute Gasteiger partial charge is 0.238 e. The van der Waals surface area contributed by atoms with Gasteiger partial charge in [-0.05, 0) is 50.1 Å². The zero-order chi connectivity index (χ0) is 19.1. The van der Waals surface area contributed by atoms with Crippen LogP contribution in [0.4, 0.5) is 11.4 Å². The third-order valence-electron chi connectivity index (χ3n) is 3.68. The summed E-state index contributed by atoms with van der Waals surface area (Å²) in [4.78, 5) is 27.1. The Morgan fingerprint density at radius 3 is 2.31 bits per heavy atom. The van der Waals surface area contributed by atoms with E-state index in [1.165, 1.54) is 0 Å². The van der Waals surface area contributed by atoms with E-state index in [4.69, 9.17) is 11.6 Å². The minimum Gasteiger partial charge on any atom is -0.325 e. The van der Waals surface area contributed by atoms with Crippen LogP contribution in [0, 0.1) is 6.92 Å². The van der Waals surface area contributed by atoms with E-state index in [1.807, 2.05) is 43.5 Å². The molecule has 2 amide bonds. The van der Waals surface area contributed by atoms with Gasteiger partial charge in [-0.15, -0.1) is 11.8 Å². The van der Waals surface area contributed by atoms with Crippen molar-refractivity contribution in [2.24, 2.45) is 0 Å². The van der Waals surface area contributed by atoms with E-state index in [0.717, 1.165) is 16.1 Å². The molecule has 0 aliphatic carbocycles. The van der Waals surface area contributed by atoms with Crippen LogP contribution in [0.15, 0.2) is 47.4 Å². The number of aryl methyl sites for hydroxylation is 1. The van der Waals surface area contributed by atoms with Gasteiger partial charge in [0.25, 0.3) is 0 Å². The molecule has 2 aromatic rings. The van der Waals surface area contributed by atoms with E-state index in [2.05, 4.69) is 10.6 Å². The van der Waals surface area contributed by atoms with Crippen molar-refractivity contribution in [2.45, 2.75) is 11.8 Å². The van der Waals surface area contributed by atoms with Crippen LogP contribution >= 0.6 is 23.4 Å². The lowest BCUT2D eigenvalue weighted by Gasteiger charge is -2.17. The Kier molecular flexibility index (Phi) is 7.50. The van der Waals surface area contributed by atoms with Gasteiger partial charge in [-0.3, -0.25) is 14.5 Å². The van der Waals surface area contributed by atoms with Crippen molar-refractivity contribution < 1.29 is 9.59 Å². The number of nitrogens with zero attached hydrogens (tertiary/aromatic N) is 1. The number of hydrogen-bond donors (Lipinski definition) is 2. The number of benzene rings is 2. The van der Waals surface area contributed by atoms with Gasteiger partial charge < -0.3 is 10.6 Å². The molecule has 2 aromatic carbocycles. The zero-order valence-corrected chi connectivity index (χ0v) is 16.6. The number of likely N-dealkylation sites (N-methyl/N-ethyl adjacent to an activating group) is 1. The SMILES string of the molecule is CSc1ccccc1NC(=O)CN(C)CC(=O)Nc1cc(Cl)ccc1C. The molecular weight excluding hydrogens is 370 g/mol. The van der Waals surface area contributed by atoms with E-state index in [-0.39, 0.29) is 24.9 Å². The molecular formula is C19H22ClN3O2S. The number of carbonyl (C=O) groups excluding carboxylic acids is 2. The second kappa shape index (κ2) is 9.62. The van der Waals surface area contributed by atoms with Crippen molar-refractivity contribution in [3.63, 3.8) is 0 Å². The summed E-state index contributed by atoms with van der Waals surface area (Å²) in [6.07, 6.45) is 1.96. The monoisotopic (exact) mass is 391 g/mol. The number of halogens is 1. The summed E-state index contributed by atoms with van der Waals surface area (Å²) in [6.45, 7) is 2.11. The van der Waals surface area contributed by atoms with Gasteiger partial charge >= 0.3 is 0 Å². The molecule has 5 nitrogen and oxygen atoms in total. The van der Waals surface area contributed by atoms with E-state index in [1.54, 1.807) is 35.8 Å². The molecule has 0 saturated heterocycles. The van der Waals surface area contributed by atoms with E-state index < -0.39 is 0 Å². The van der Waals surface area contributed by atoms with E-state index in [0.29, 0.717) is 10.7 Å². The molecule has 0 aromatic heterocycles. The van der Waals surface area contributed by atoms with Crippen LogP contribution in [0.25, 0.3) is 0 Å². The Balaban J connectivity index is 1.87. The summed E-state index contributed by atoms with van der Waals surface area (Å²) in [5, 5.41) is 6.27. The molecule has 2 N–H and O–H groups in total. The van der Waals surface area contributed by atoms with Crippen LogP contribution in [0.2, 0.25) is 5.02 Å². The normalized spacial score (nSPS) is 10.7. The molecule has 0 aliphatic heterocycles. The first kappa shape index (κ1) is 20.3. The highest BCUT2D eigenvalue weighted by Gasteiger charge is 2.13. The fraction of sp³-hybridized carbons (Fsp3) is 0.263. The summed E-state index contributed by atoms with van der Waals surface area (Å²) in [5.41, 5.74) is 2.38. The highest BCUT2D eigenvalue weighted by molar-refractivity contribution is 7.98. The third-order valence-corrected chi connectivity index (χ3v) is 4.71. The third kappa shape index (κ3) is 6.05. The van der Waals surface area contributed by atoms with Crippen LogP contribution in [0.3, 0.4) is 0 Å². The van der Waals surface area contributed by atoms with Crippen molar-refractivity contribution in [3.05, 3.63) is 53.1 Å². The van der Waals surface area contributed by atoms with Gasteiger partial charge in [0.2, 0.25) is 11.8 Å². The van der Waals surface area contributed by atoms with Crippen molar-refractivity contribution in [1.82, 2.24) is 4.90 Å². The van der Waals surface area contributed by atoms with Crippen molar-refractivity contribution in [2.75, 3.05) is 37.0 Å². The maximum Gasteiger partial charge on any atom is 0.238 e. The lowest BCUT2D eigenvalue weighted by molar-refractivity contribution is -0.119. The topological polar surface area (TPSA) is 61.4 Å². The number of rotatable bonds is 7. The largest absolute Gasteiger partial charge is 0.325 e. The molecule has 0 heterocycles. The zero-order valence-electron chi connectivity index (χ0n) is 15.0. The molecule has 0 unspecified atom stereocenters. The van der Waals surface area contributed by atoms with E-state index >= 15 is 0 Å². The minimum atomic E-state index is -0.199. The fourth-order valence-electron chi connectivity index (χ4n) is 2.40. The molecule has 138 valence electrons. The van der Waals surface area contributed by atoms with E-state index in [9.17, 15) is 9.59 Å². The summed E-state index contributed by atoms with van der Waals surface area (Å²) < 4.78 is 0. The number of carbonyl (C=O) groups is 2. The molecule has 0 atom stereocenters. The summed E-state index contributed by atoms with van der Waals surface area (Å²) in [7, 11) is 1.73. The average Bonchev–Trinajstić information content (AvgIpc) is 2.58. The molecule has 0 bridgehead atoms. The Morgan fingerprint density at radius 1 is 1.04 bits per heavy atom. The maximum absolute atomic E-state index is 12.2. The molecule has 2 rings (SSSR count). The lowest BCUT2D eigenvalue weighted by Crippen LogP contribution is -2.36. The molecule has 0 fully saturated rings. The van der Waals surface area contributed by atoms with Crippen molar-refractivity contribution >= 4 is 46.6 Å². The lowest BCUT2D eigenvalue weighted by atomic mass is 10.2. The molecule has 26 heavy (non-hydrogen) atoms. The Bertz CT molecular complexity index is 798. The first-order valence-electron chi connectivity index (χ1n) is 8.06. The molecule has 0 aliphatic rings. The van der Waals surface area contributed by atoms with Crippen LogP contribution < -0.4 is 10.6 Å². The Morgan fingerprint density at radius 2 is 1.65 bits per heavy atom. The highest BCUT2D eigenvalue weighted by atomic mass is 35.5. The molecule has 0 spiro atoms. The van der Waals surface area contributed by atoms with Crippen LogP contribution in [-0.4, -0.2) is 43.1 Å². The van der Waals surface area contributed by atoms with Gasteiger partial charge in [-0.25, -0.2) is 0 Å². The van der Waals surface area contributed by atoms with Gasteiger partial charge in [0.1, 0.15) is 0 Å². The van der Waals surface area contributed by atoms with Crippen LogP contribution in [0.1, 0.15) is 5.56 Å². The van der Waals surface area contributed by atoms with Gasteiger partial charge in [-0.2, -0.15) is 0 Å². The Hall–Kier alpha value is -2.02. The standard InChI is InChI=1S/C19H22ClN3O2S/c1-13-8-9-14(20)10-16(13)22-19(25)12-23(2)11-18(24)21-15-6-4-5-7-17(15)26-3/h4-10H,11-12H2,1-3H3,(H,21,24)(H,22,25). The molecule has 0 radical (unpaired) electrons. The predicted octanol–water partition coefficient (Wildman–Crippen LogP) is 3.88. The van der Waals surface area contributed by atoms with Crippen LogP contribution in [-0.2, 0) is 9.59 Å².